The van der Waals surface area contributed by atoms with Gasteiger partial charge in [-0.05, 0) is 58.8 Å². The van der Waals surface area contributed by atoms with Crippen LogP contribution in [0.2, 0.25) is 0 Å². The van der Waals surface area contributed by atoms with Crippen LogP contribution >= 0.6 is 22.6 Å². The molecule has 1 aliphatic rings. The Morgan fingerprint density at radius 2 is 1.88 bits per heavy atom. The van der Waals surface area contributed by atoms with Crippen LogP contribution in [-0.4, -0.2) is 21.4 Å². The average Bonchev–Trinajstić information content (AvgIpc) is 2.19. The first-order chi connectivity index (χ1) is 7.78. The smallest absolute Gasteiger partial charge is 0.237 e. The van der Waals surface area contributed by atoms with Gasteiger partial charge in [-0.3, -0.25) is 4.79 Å². The summed E-state index contributed by atoms with van der Waals surface area (Å²) in [5.41, 5.74) is 5.79. The Bertz CT molecular complexity index is 255. The lowest BCUT2D eigenvalue weighted by molar-refractivity contribution is -0.124. The SMILES string of the molecule is CC(C)(C)NC(=O)C(N)CC1CCC(I)CC1. The van der Waals surface area contributed by atoms with E-state index in [0.29, 0.717) is 5.92 Å². The van der Waals surface area contributed by atoms with E-state index in [-0.39, 0.29) is 17.5 Å². The number of amides is 1. The minimum atomic E-state index is -0.343. The maximum atomic E-state index is 11.9. The summed E-state index contributed by atoms with van der Waals surface area (Å²) in [4.78, 5) is 11.9. The zero-order chi connectivity index (χ0) is 13.1. The lowest BCUT2D eigenvalue weighted by atomic mass is 9.84. The largest absolute Gasteiger partial charge is 0.350 e. The molecule has 1 amide bonds. The molecule has 1 saturated carbocycles. The molecule has 4 heteroatoms. The molecule has 1 unspecified atom stereocenters. The molecule has 0 saturated heterocycles. The predicted molar refractivity (Wildman–Crippen MR) is 80.3 cm³/mol. The molecule has 0 heterocycles. The Balaban J connectivity index is 2.33. The Morgan fingerprint density at radius 3 is 2.35 bits per heavy atom. The second-order valence-corrected chi connectivity index (χ2v) is 7.96. The van der Waals surface area contributed by atoms with Crippen LogP contribution in [0.3, 0.4) is 0 Å². The predicted octanol–water partition coefficient (Wildman–Crippen LogP) is 2.61. The van der Waals surface area contributed by atoms with Crippen molar-refractivity contribution in [2.45, 2.75) is 68.4 Å². The molecule has 0 bridgehead atoms. The fourth-order valence-corrected chi connectivity index (χ4v) is 3.01. The van der Waals surface area contributed by atoms with Crippen LogP contribution in [0, 0.1) is 5.92 Å². The highest BCUT2D eigenvalue weighted by Crippen LogP contribution is 2.31. The van der Waals surface area contributed by atoms with Crippen LogP contribution in [-0.2, 0) is 4.79 Å². The van der Waals surface area contributed by atoms with Gasteiger partial charge in [0.05, 0.1) is 6.04 Å². The molecule has 17 heavy (non-hydrogen) atoms. The first-order valence-corrected chi connectivity index (χ1v) is 7.74. The molecule has 1 aliphatic carbocycles. The molecule has 1 rings (SSSR count). The average molecular weight is 352 g/mol. The van der Waals surface area contributed by atoms with Gasteiger partial charge in [0.25, 0.3) is 0 Å². The molecule has 1 atom stereocenters. The Labute approximate surface area is 118 Å². The third kappa shape index (κ3) is 6.04. The zero-order valence-electron chi connectivity index (χ0n) is 11.1. The van der Waals surface area contributed by atoms with E-state index in [2.05, 4.69) is 27.9 Å². The van der Waals surface area contributed by atoms with Gasteiger partial charge in [0.1, 0.15) is 0 Å². The molecule has 3 N–H and O–H groups in total. The first kappa shape index (κ1) is 15.2. The van der Waals surface area contributed by atoms with Gasteiger partial charge in [0, 0.05) is 9.46 Å². The Morgan fingerprint density at radius 1 is 1.35 bits per heavy atom. The van der Waals surface area contributed by atoms with E-state index in [1.165, 1.54) is 25.7 Å². The van der Waals surface area contributed by atoms with Crippen molar-refractivity contribution >= 4 is 28.5 Å². The van der Waals surface area contributed by atoms with Crippen LogP contribution in [0.25, 0.3) is 0 Å². The molecule has 0 spiro atoms. The van der Waals surface area contributed by atoms with Gasteiger partial charge in [-0.25, -0.2) is 0 Å². The van der Waals surface area contributed by atoms with Crippen LogP contribution in [0.15, 0.2) is 0 Å². The highest BCUT2D eigenvalue weighted by molar-refractivity contribution is 14.1. The molecule has 0 radical (unpaired) electrons. The van der Waals surface area contributed by atoms with E-state index in [1.54, 1.807) is 0 Å². The van der Waals surface area contributed by atoms with E-state index in [4.69, 9.17) is 5.73 Å². The zero-order valence-corrected chi connectivity index (χ0v) is 13.3. The quantitative estimate of drug-likeness (QED) is 0.606. The molecule has 100 valence electrons. The first-order valence-electron chi connectivity index (χ1n) is 6.49. The number of rotatable bonds is 3. The number of halogens is 1. The van der Waals surface area contributed by atoms with Gasteiger partial charge in [0.15, 0.2) is 0 Å². The molecular weight excluding hydrogens is 327 g/mol. The van der Waals surface area contributed by atoms with Gasteiger partial charge in [-0.2, -0.15) is 0 Å². The van der Waals surface area contributed by atoms with Gasteiger partial charge in [-0.1, -0.05) is 22.6 Å². The van der Waals surface area contributed by atoms with Crippen LogP contribution < -0.4 is 11.1 Å². The van der Waals surface area contributed by atoms with Crippen molar-refractivity contribution in [3.05, 3.63) is 0 Å². The third-order valence-electron chi connectivity index (χ3n) is 3.20. The van der Waals surface area contributed by atoms with E-state index in [9.17, 15) is 4.79 Å². The van der Waals surface area contributed by atoms with Crippen molar-refractivity contribution in [3.8, 4) is 0 Å². The summed E-state index contributed by atoms with van der Waals surface area (Å²) in [6.45, 7) is 5.96. The van der Waals surface area contributed by atoms with Crippen LogP contribution in [0.4, 0.5) is 0 Å². The minimum Gasteiger partial charge on any atom is -0.350 e. The van der Waals surface area contributed by atoms with Crippen LogP contribution in [0.5, 0.6) is 0 Å². The maximum Gasteiger partial charge on any atom is 0.237 e. The molecule has 0 aromatic heterocycles. The Kier molecular flexibility index (Phi) is 5.70. The van der Waals surface area contributed by atoms with Crippen molar-refractivity contribution in [2.75, 3.05) is 0 Å². The van der Waals surface area contributed by atoms with Crippen LogP contribution in [0.1, 0.15) is 52.9 Å². The van der Waals surface area contributed by atoms with Gasteiger partial charge in [0.2, 0.25) is 5.91 Å². The summed E-state index contributed by atoms with van der Waals surface area (Å²) in [6, 6.07) is -0.343. The number of carbonyl (C=O) groups is 1. The van der Waals surface area contributed by atoms with E-state index < -0.39 is 0 Å². The van der Waals surface area contributed by atoms with Crippen molar-refractivity contribution in [2.24, 2.45) is 11.7 Å². The van der Waals surface area contributed by atoms with Crippen molar-refractivity contribution in [1.29, 1.82) is 0 Å². The Hall–Kier alpha value is 0.160. The highest BCUT2D eigenvalue weighted by atomic mass is 127. The fourth-order valence-electron chi connectivity index (χ4n) is 2.29. The van der Waals surface area contributed by atoms with Crippen molar-refractivity contribution in [1.82, 2.24) is 5.32 Å². The molecule has 1 fully saturated rings. The number of alkyl halides is 1. The standard InChI is InChI=1S/C13H25IN2O/c1-13(2,3)16-12(17)11(15)8-9-4-6-10(14)7-5-9/h9-11H,4-8,15H2,1-3H3,(H,16,17). The van der Waals surface area contributed by atoms with E-state index in [1.807, 2.05) is 20.8 Å². The molecule has 0 aliphatic heterocycles. The summed E-state index contributed by atoms with van der Waals surface area (Å²) >= 11 is 2.52. The monoisotopic (exact) mass is 352 g/mol. The summed E-state index contributed by atoms with van der Waals surface area (Å²) in [5.74, 6) is 0.635. The number of nitrogens with one attached hydrogen (secondary N) is 1. The summed E-state index contributed by atoms with van der Waals surface area (Å²) < 4.78 is 0.823. The third-order valence-corrected chi connectivity index (χ3v) is 4.44. The van der Waals surface area contributed by atoms with Gasteiger partial charge < -0.3 is 11.1 Å². The normalized spacial score (nSPS) is 27.6. The lowest BCUT2D eigenvalue weighted by Crippen LogP contribution is -2.49. The molecular formula is C13H25IN2O. The molecule has 0 aromatic rings. The second kappa shape index (κ2) is 6.36. The van der Waals surface area contributed by atoms with Crippen molar-refractivity contribution < 1.29 is 4.79 Å². The fraction of sp³-hybridized carbons (Fsp3) is 0.923. The summed E-state index contributed by atoms with van der Waals surface area (Å²) in [5, 5.41) is 2.95. The lowest BCUT2D eigenvalue weighted by Gasteiger charge is -2.28. The van der Waals surface area contributed by atoms with E-state index >= 15 is 0 Å². The van der Waals surface area contributed by atoms with E-state index in [0.717, 1.165) is 10.3 Å². The maximum absolute atomic E-state index is 11.9. The second-order valence-electron chi connectivity index (χ2n) is 6.20. The summed E-state index contributed by atoms with van der Waals surface area (Å²) in [7, 11) is 0. The number of hydrogen-bond acceptors (Lipinski definition) is 2. The number of carbonyl (C=O) groups excluding carboxylic acids is 1. The van der Waals surface area contributed by atoms with Gasteiger partial charge >= 0.3 is 0 Å². The summed E-state index contributed by atoms with van der Waals surface area (Å²) in [6.07, 6.45) is 5.84. The number of hydrogen-bond donors (Lipinski definition) is 2. The van der Waals surface area contributed by atoms with Crippen molar-refractivity contribution in [3.63, 3.8) is 0 Å². The number of nitrogens with two attached hydrogens (primary N) is 1. The molecule has 0 aromatic carbocycles. The topological polar surface area (TPSA) is 55.1 Å². The molecule has 3 nitrogen and oxygen atoms in total. The minimum absolute atomic E-state index is 0.00547. The van der Waals surface area contributed by atoms with Gasteiger partial charge in [-0.15, -0.1) is 0 Å². The highest BCUT2D eigenvalue weighted by Gasteiger charge is 2.25.